The van der Waals surface area contributed by atoms with E-state index in [0.29, 0.717) is 17.4 Å². The van der Waals surface area contributed by atoms with Gasteiger partial charge in [-0.05, 0) is 83.5 Å². The molecule has 0 aromatic heterocycles. The van der Waals surface area contributed by atoms with Crippen LogP contribution in [0.5, 0.6) is 0 Å². The van der Waals surface area contributed by atoms with Crippen molar-refractivity contribution in [2.24, 2.45) is 0 Å². The fourth-order valence-corrected chi connectivity index (χ4v) is 9.94. The lowest BCUT2D eigenvalue weighted by atomic mass is 10.0. The Labute approximate surface area is 482 Å². The number of carbonyl (C=O) groups is 2. The van der Waals surface area contributed by atoms with Crippen LogP contribution in [0.2, 0.25) is 0 Å². The first kappa shape index (κ1) is 75.5. The van der Waals surface area contributed by atoms with Crippen LogP contribution in [-0.4, -0.2) is 70.0 Å². The Morgan fingerprint density at radius 1 is 0.410 bits per heavy atom. The molecular formula is C68H124NO8P. The normalized spacial score (nSPS) is 13.7. The molecule has 2 unspecified atom stereocenters. The summed E-state index contributed by atoms with van der Waals surface area (Å²) in [6.45, 7) is 4.12. The summed E-state index contributed by atoms with van der Waals surface area (Å²) in [6.07, 6.45) is 78.5. The molecule has 0 aliphatic rings. The summed E-state index contributed by atoms with van der Waals surface area (Å²) >= 11 is 0. The average Bonchev–Trinajstić information content (AvgIpc) is 3.40. The molecule has 9 nitrogen and oxygen atoms in total. The van der Waals surface area contributed by atoms with E-state index in [0.717, 1.165) is 83.5 Å². The Morgan fingerprint density at radius 3 is 1.10 bits per heavy atom. The van der Waals surface area contributed by atoms with Crippen LogP contribution in [0.3, 0.4) is 0 Å². The van der Waals surface area contributed by atoms with Crippen LogP contribution in [0.1, 0.15) is 296 Å². The molecule has 0 N–H and O–H groups in total. The predicted molar refractivity (Wildman–Crippen MR) is 333 cm³/mol. The number of phosphoric ester groups is 1. The largest absolute Gasteiger partial charge is 0.756 e. The van der Waals surface area contributed by atoms with Crippen molar-refractivity contribution in [1.82, 2.24) is 0 Å². The van der Waals surface area contributed by atoms with Crippen molar-refractivity contribution in [2.45, 2.75) is 302 Å². The number of ether oxygens (including phenoxy) is 2. The van der Waals surface area contributed by atoms with Crippen LogP contribution in [0.4, 0.5) is 0 Å². The molecule has 0 radical (unpaired) electrons. The van der Waals surface area contributed by atoms with E-state index < -0.39 is 26.5 Å². The molecule has 0 rings (SSSR count). The van der Waals surface area contributed by atoms with Gasteiger partial charge in [0, 0.05) is 12.8 Å². The van der Waals surface area contributed by atoms with Crippen LogP contribution in [0.15, 0.2) is 72.9 Å². The van der Waals surface area contributed by atoms with E-state index >= 15 is 0 Å². The molecule has 10 heteroatoms. The lowest BCUT2D eigenvalue weighted by Crippen LogP contribution is -2.37. The maximum absolute atomic E-state index is 12.8. The lowest BCUT2D eigenvalue weighted by molar-refractivity contribution is -0.870. The summed E-state index contributed by atoms with van der Waals surface area (Å²) in [4.78, 5) is 37.8. The number of nitrogens with zero attached hydrogens (tertiary/aromatic N) is 1. The topological polar surface area (TPSA) is 111 Å². The number of rotatable bonds is 60. The minimum absolute atomic E-state index is 0.0313. The average molecular weight is 1110 g/mol. The van der Waals surface area contributed by atoms with Crippen LogP contribution >= 0.6 is 7.82 Å². The van der Waals surface area contributed by atoms with E-state index in [2.05, 4.69) is 86.8 Å². The van der Waals surface area contributed by atoms with Gasteiger partial charge in [-0.2, -0.15) is 0 Å². The zero-order valence-electron chi connectivity index (χ0n) is 51.6. The van der Waals surface area contributed by atoms with Crippen molar-refractivity contribution < 1.29 is 42.1 Å². The van der Waals surface area contributed by atoms with E-state index in [4.69, 9.17) is 18.5 Å². The van der Waals surface area contributed by atoms with Gasteiger partial charge >= 0.3 is 11.9 Å². The number of hydrogen-bond donors (Lipinski definition) is 0. The van der Waals surface area contributed by atoms with Gasteiger partial charge < -0.3 is 27.9 Å². The van der Waals surface area contributed by atoms with Gasteiger partial charge in [0.1, 0.15) is 19.8 Å². The number of esters is 2. The number of quaternary nitrogens is 1. The zero-order valence-corrected chi connectivity index (χ0v) is 52.5. The van der Waals surface area contributed by atoms with Crippen molar-refractivity contribution in [3.8, 4) is 0 Å². The molecule has 78 heavy (non-hydrogen) atoms. The van der Waals surface area contributed by atoms with Gasteiger partial charge in [0.2, 0.25) is 0 Å². The molecule has 2 atom stereocenters. The van der Waals surface area contributed by atoms with Gasteiger partial charge in [-0.1, -0.05) is 273 Å². The smallest absolute Gasteiger partial charge is 0.306 e. The first-order valence-electron chi connectivity index (χ1n) is 32.6. The molecule has 0 aromatic carbocycles. The highest BCUT2D eigenvalue weighted by molar-refractivity contribution is 7.45. The summed E-state index contributed by atoms with van der Waals surface area (Å²) in [5, 5.41) is 0. The van der Waals surface area contributed by atoms with Gasteiger partial charge in [0.05, 0.1) is 27.7 Å². The molecule has 0 heterocycles. The van der Waals surface area contributed by atoms with Gasteiger partial charge in [0.25, 0.3) is 7.82 Å². The SMILES string of the molecule is CC/C=C\C/C=C\C/C=C\C/C=C\C/C=C\CCCCCCCCCCCCCCCCCCCCCCCCCCCC(=O)OC(COC(=O)CCCCCCC/C=C\CCCCCC)COP(=O)([O-])OCC[N+](C)(C)C. The molecule has 0 spiro atoms. The fraction of sp³-hybridized carbons (Fsp3) is 0.794. The molecule has 0 aliphatic heterocycles. The third kappa shape index (κ3) is 62.6. The maximum atomic E-state index is 12.8. The van der Waals surface area contributed by atoms with Crippen LogP contribution in [-0.2, 0) is 32.7 Å². The minimum atomic E-state index is -4.63. The van der Waals surface area contributed by atoms with Crippen LogP contribution < -0.4 is 4.89 Å². The Balaban J connectivity index is 3.86. The standard InChI is InChI=1S/C68H124NO8P/c1-6-8-10-12-14-16-18-20-21-22-23-24-25-26-27-28-29-30-31-32-33-34-35-36-37-38-39-40-41-42-43-44-45-46-47-49-51-53-55-57-59-61-68(71)77-66(65-76-78(72,73)75-63-62-69(3,4)5)64-74-67(70)60-58-56-54-52-50-48-19-17-15-13-11-9-7-2/h8,10,14,16-17,19-21,23-24,26-27,66H,6-7,9,11-13,15,18,22,25,28-65H2,1-5H3/b10-8-,16-14-,19-17-,21-20-,24-23-,27-26-. The number of allylic oxidation sites excluding steroid dienone is 12. The number of carbonyl (C=O) groups excluding carboxylic acids is 2. The number of phosphoric acid groups is 1. The van der Waals surface area contributed by atoms with E-state index in [1.54, 1.807) is 0 Å². The molecule has 0 aromatic rings. The van der Waals surface area contributed by atoms with Gasteiger partial charge in [0.15, 0.2) is 6.10 Å². The zero-order chi connectivity index (χ0) is 57.0. The second-order valence-electron chi connectivity index (χ2n) is 23.1. The second kappa shape index (κ2) is 59.1. The summed E-state index contributed by atoms with van der Waals surface area (Å²) in [7, 11) is 1.17. The van der Waals surface area contributed by atoms with E-state index in [1.807, 2.05) is 21.1 Å². The monoisotopic (exact) mass is 1110 g/mol. The summed E-state index contributed by atoms with van der Waals surface area (Å²) < 4.78 is 34.1. The summed E-state index contributed by atoms with van der Waals surface area (Å²) in [5.74, 6) is -0.833. The first-order chi connectivity index (χ1) is 38.0. The van der Waals surface area contributed by atoms with Gasteiger partial charge in [-0.3, -0.25) is 14.2 Å². The predicted octanol–water partition coefficient (Wildman–Crippen LogP) is 20.2. The summed E-state index contributed by atoms with van der Waals surface area (Å²) in [5.41, 5.74) is 0. The van der Waals surface area contributed by atoms with Crippen molar-refractivity contribution in [1.29, 1.82) is 0 Å². The Kier molecular flexibility index (Phi) is 57.2. The number of unbranched alkanes of at least 4 members (excludes halogenated alkanes) is 34. The fourth-order valence-electron chi connectivity index (χ4n) is 9.21. The molecule has 454 valence electrons. The van der Waals surface area contributed by atoms with Crippen LogP contribution in [0.25, 0.3) is 0 Å². The highest BCUT2D eigenvalue weighted by Gasteiger charge is 2.22. The first-order valence-corrected chi connectivity index (χ1v) is 34.1. The highest BCUT2D eigenvalue weighted by Crippen LogP contribution is 2.38. The number of likely N-dealkylation sites (N-methyl/N-ethyl adjacent to an activating group) is 1. The van der Waals surface area contributed by atoms with Crippen molar-refractivity contribution in [2.75, 3.05) is 47.5 Å². The molecule has 0 bridgehead atoms. The van der Waals surface area contributed by atoms with Crippen molar-refractivity contribution >= 4 is 19.8 Å². The minimum Gasteiger partial charge on any atom is -0.756 e. The molecule has 0 saturated carbocycles. The van der Waals surface area contributed by atoms with Gasteiger partial charge in [-0.25, -0.2) is 0 Å². The van der Waals surface area contributed by atoms with E-state index in [9.17, 15) is 19.0 Å². The van der Waals surface area contributed by atoms with Crippen LogP contribution in [0, 0.1) is 0 Å². The number of hydrogen-bond acceptors (Lipinski definition) is 8. The van der Waals surface area contributed by atoms with Gasteiger partial charge in [-0.15, -0.1) is 0 Å². The highest BCUT2D eigenvalue weighted by atomic mass is 31.2. The Morgan fingerprint density at radius 2 is 0.731 bits per heavy atom. The Bertz CT molecular complexity index is 1550. The maximum Gasteiger partial charge on any atom is 0.306 e. The Hall–Kier alpha value is -2.55. The third-order valence-corrected chi connectivity index (χ3v) is 15.2. The van der Waals surface area contributed by atoms with Crippen molar-refractivity contribution in [3.63, 3.8) is 0 Å². The summed E-state index contributed by atoms with van der Waals surface area (Å²) in [6, 6.07) is 0. The molecule has 0 aliphatic carbocycles. The second-order valence-corrected chi connectivity index (χ2v) is 24.5. The lowest BCUT2D eigenvalue weighted by Gasteiger charge is -2.28. The molecule has 0 fully saturated rings. The van der Waals surface area contributed by atoms with Crippen molar-refractivity contribution in [3.05, 3.63) is 72.9 Å². The molecule has 0 amide bonds. The quantitative estimate of drug-likeness (QED) is 0.0195. The third-order valence-electron chi connectivity index (χ3n) is 14.2. The van der Waals surface area contributed by atoms with E-state index in [-0.39, 0.29) is 32.0 Å². The molecular weight excluding hydrogens is 990 g/mol. The van der Waals surface area contributed by atoms with E-state index in [1.165, 1.54) is 180 Å². The molecule has 0 saturated heterocycles.